The van der Waals surface area contributed by atoms with Gasteiger partial charge in [0, 0.05) is 24.5 Å². The molecule has 0 saturated heterocycles. The van der Waals surface area contributed by atoms with E-state index in [1.54, 1.807) is 29.1 Å². The van der Waals surface area contributed by atoms with E-state index in [0.717, 1.165) is 11.3 Å². The Balaban J connectivity index is 1.75. The molecule has 0 fully saturated rings. The van der Waals surface area contributed by atoms with Crippen molar-refractivity contribution in [2.45, 2.75) is 13.5 Å². The second-order valence-corrected chi connectivity index (χ2v) is 5.40. The standard InChI is InChI=1S/C19H16N4O/c1-14(24)16-5-6-17(12-20)19(11-16)21-13-15-3-7-18(8-4-15)23-10-2-9-22-23/h2-11,21H,13H2,1H3. The van der Waals surface area contributed by atoms with E-state index in [4.69, 9.17) is 0 Å². The number of Topliss-reactive ketones (excluding diaryl/α,β-unsaturated/α-hetero) is 1. The van der Waals surface area contributed by atoms with Gasteiger partial charge in [-0.3, -0.25) is 4.79 Å². The van der Waals surface area contributed by atoms with Crippen LogP contribution in [0.3, 0.4) is 0 Å². The quantitative estimate of drug-likeness (QED) is 0.731. The Morgan fingerprint density at radius 2 is 2.04 bits per heavy atom. The fraction of sp³-hybridized carbons (Fsp3) is 0.105. The molecule has 0 aliphatic heterocycles. The first-order valence-electron chi connectivity index (χ1n) is 7.55. The summed E-state index contributed by atoms with van der Waals surface area (Å²) in [6.07, 6.45) is 3.63. The topological polar surface area (TPSA) is 70.7 Å². The monoisotopic (exact) mass is 316 g/mol. The summed E-state index contributed by atoms with van der Waals surface area (Å²) in [5.74, 6) is -0.0221. The van der Waals surface area contributed by atoms with Crippen LogP contribution >= 0.6 is 0 Å². The third kappa shape index (κ3) is 3.33. The lowest BCUT2D eigenvalue weighted by atomic mass is 10.1. The summed E-state index contributed by atoms with van der Waals surface area (Å²) < 4.78 is 1.79. The molecular weight excluding hydrogens is 300 g/mol. The van der Waals surface area contributed by atoms with Crippen LogP contribution in [0.4, 0.5) is 5.69 Å². The summed E-state index contributed by atoms with van der Waals surface area (Å²) in [5, 5.41) is 16.6. The fourth-order valence-corrected chi connectivity index (χ4v) is 2.39. The summed E-state index contributed by atoms with van der Waals surface area (Å²) in [6, 6.07) is 17.1. The maximum atomic E-state index is 11.5. The van der Waals surface area contributed by atoms with Crippen molar-refractivity contribution in [3.63, 3.8) is 0 Å². The van der Waals surface area contributed by atoms with Gasteiger partial charge in [0.15, 0.2) is 5.78 Å². The van der Waals surface area contributed by atoms with Crippen molar-refractivity contribution in [3.8, 4) is 11.8 Å². The fourth-order valence-electron chi connectivity index (χ4n) is 2.39. The third-order valence-corrected chi connectivity index (χ3v) is 3.73. The van der Waals surface area contributed by atoms with E-state index >= 15 is 0 Å². The summed E-state index contributed by atoms with van der Waals surface area (Å²) in [7, 11) is 0. The molecule has 0 radical (unpaired) electrons. The number of benzene rings is 2. The van der Waals surface area contributed by atoms with Crippen molar-refractivity contribution in [1.29, 1.82) is 5.26 Å². The number of carbonyl (C=O) groups excluding carboxylic acids is 1. The summed E-state index contributed by atoms with van der Waals surface area (Å²) >= 11 is 0. The van der Waals surface area contributed by atoms with Crippen molar-refractivity contribution in [1.82, 2.24) is 9.78 Å². The van der Waals surface area contributed by atoms with Crippen LogP contribution in [-0.2, 0) is 6.54 Å². The highest BCUT2D eigenvalue weighted by molar-refractivity contribution is 5.95. The number of nitrogens with one attached hydrogen (secondary N) is 1. The zero-order chi connectivity index (χ0) is 16.9. The number of nitrogens with zero attached hydrogens (tertiary/aromatic N) is 3. The molecule has 0 spiro atoms. The van der Waals surface area contributed by atoms with Crippen molar-refractivity contribution in [3.05, 3.63) is 77.6 Å². The molecule has 0 atom stereocenters. The van der Waals surface area contributed by atoms with Gasteiger partial charge in [-0.2, -0.15) is 10.4 Å². The van der Waals surface area contributed by atoms with E-state index in [1.165, 1.54) is 6.92 Å². The van der Waals surface area contributed by atoms with Crippen LogP contribution in [0.2, 0.25) is 0 Å². The van der Waals surface area contributed by atoms with Gasteiger partial charge >= 0.3 is 0 Å². The summed E-state index contributed by atoms with van der Waals surface area (Å²) in [5.41, 5.74) is 3.84. The molecule has 0 amide bonds. The van der Waals surface area contributed by atoms with Crippen molar-refractivity contribution in [2.24, 2.45) is 0 Å². The summed E-state index contributed by atoms with van der Waals surface area (Å²) in [6.45, 7) is 2.08. The lowest BCUT2D eigenvalue weighted by Gasteiger charge is -2.10. The molecule has 5 heteroatoms. The van der Waals surface area contributed by atoms with Crippen LogP contribution in [0, 0.1) is 11.3 Å². The number of nitriles is 1. The lowest BCUT2D eigenvalue weighted by Crippen LogP contribution is -2.04. The molecular formula is C19H16N4O. The van der Waals surface area contributed by atoms with Gasteiger partial charge in [-0.05, 0) is 48.9 Å². The highest BCUT2D eigenvalue weighted by Crippen LogP contribution is 2.19. The third-order valence-electron chi connectivity index (χ3n) is 3.73. The lowest BCUT2D eigenvalue weighted by molar-refractivity contribution is 0.101. The predicted molar refractivity (Wildman–Crippen MR) is 92.1 cm³/mol. The molecule has 0 aliphatic rings. The van der Waals surface area contributed by atoms with E-state index in [1.807, 2.05) is 36.5 Å². The van der Waals surface area contributed by atoms with Crippen LogP contribution < -0.4 is 5.32 Å². The largest absolute Gasteiger partial charge is 0.380 e. The van der Waals surface area contributed by atoms with Gasteiger partial charge in [-0.15, -0.1) is 0 Å². The molecule has 0 unspecified atom stereocenters. The number of anilines is 1. The molecule has 1 aromatic heterocycles. The maximum absolute atomic E-state index is 11.5. The van der Waals surface area contributed by atoms with Gasteiger partial charge in [0.05, 0.1) is 16.9 Å². The molecule has 24 heavy (non-hydrogen) atoms. The molecule has 2 aromatic carbocycles. The average molecular weight is 316 g/mol. The number of aromatic nitrogens is 2. The first-order valence-corrected chi connectivity index (χ1v) is 7.55. The molecule has 0 bridgehead atoms. The predicted octanol–water partition coefficient (Wildman–Crippen LogP) is 3.56. The number of hydrogen-bond acceptors (Lipinski definition) is 4. The van der Waals surface area contributed by atoms with Crippen LogP contribution in [0.1, 0.15) is 28.4 Å². The van der Waals surface area contributed by atoms with Crippen molar-refractivity contribution < 1.29 is 4.79 Å². The molecule has 5 nitrogen and oxygen atoms in total. The number of hydrogen-bond donors (Lipinski definition) is 1. The minimum atomic E-state index is -0.0221. The van der Waals surface area contributed by atoms with E-state index in [0.29, 0.717) is 23.4 Å². The molecule has 3 rings (SSSR count). The van der Waals surface area contributed by atoms with Gasteiger partial charge in [0.1, 0.15) is 6.07 Å². The Kier molecular flexibility index (Phi) is 4.39. The van der Waals surface area contributed by atoms with Gasteiger partial charge < -0.3 is 5.32 Å². The van der Waals surface area contributed by atoms with Gasteiger partial charge in [-0.1, -0.05) is 12.1 Å². The van der Waals surface area contributed by atoms with E-state index in [-0.39, 0.29) is 5.78 Å². The Labute approximate surface area is 140 Å². The Hall–Kier alpha value is -3.39. The first-order chi connectivity index (χ1) is 11.7. The van der Waals surface area contributed by atoms with Gasteiger partial charge in [0.2, 0.25) is 0 Å². The highest BCUT2D eigenvalue weighted by atomic mass is 16.1. The zero-order valence-corrected chi connectivity index (χ0v) is 13.2. The maximum Gasteiger partial charge on any atom is 0.159 e. The van der Waals surface area contributed by atoms with Gasteiger partial charge in [0.25, 0.3) is 0 Å². The minimum absolute atomic E-state index is 0.0221. The molecule has 0 aliphatic carbocycles. The van der Waals surface area contributed by atoms with E-state index < -0.39 is 0 Å². The molecule has 3 aromatic rings. The second kappa shape index (κ2) is 6.80. The number of ketones is 1. The molecule has 0 saturated carbocycles. The number of rotatable bonds is 5. The van der Waals surface area contributed by atoms with Crippen LogP contribution in [0.5, 0.6) is 0 Å². The van der Waals surface area contributed by atoms with Crippen LogP contribution in [0.15, 0.2) is 60.9 Å². The normalized spacial score (nSPS) is 10.2. The Morgan fingerprint density at radius 3 is 2.67 bits per heavy atom. The number of carbonyl (C=O) groups is 1. The molecule has 1 N–H and O–H groups in total. The minimum Gasteiger partial charge on any atom is -0.380 e. The highest BCUT2D eigenvalue weighted by Gasteiger charge is 2.06. The SMILES string of the molecule is CC(=O)c1ccc(C#N)c(NCc2ccc(-n3cccn3)cc2)c1. The first kappa shape index (κ1) is 15.5. The van der Waals surface area contributed by atoms with E-state index in [9.17, 15) is 10.1 Å². The van der Waals surface area contributed by atoms with Crippen LogP contribution in [-0.4, -0.2) is 15.6 Å². The molecule has 1 heterocycles. The van der Waals surface area contributed by atoms with E-state index in [2.05, 4.69) is 16.5 Å². The zero-order valence-electron chi connectivity index (χ0n) is 13.2. The van der Waals surface area contributed by atoms with Gasteiger partial charge in [-0.25, -0.2) is 4.68 Å². The smallest absolute Gasteiger partial charge is 0.159 e. The second-order valence-electron chi connectivity index (χ2n) is 5.40. The molecule has 118 valence electrons. The Morgan fingerprint density at radius 1 is 1.25 bits per heavy atom. The summed E-state index contributed by atoms with van der Waals surface area (Å²) in [4.78, 5) is 11.5. The van der Waals surface area contributed by atoms with Crippen molar-refractivity contribution in [2.75, 3.05) is 5.32 Å². The average Bonchev–Trinajstić information content (AvgIpc) is 3.14. The Bertz CT molecular complexity index is 890. The van der Waals surface area contributed by atoms with Crippen LogP contribution in [0.25, 0.3) is 5.69 Å². The van der Waals surface area contributed by atoms with Crippen molar-refractivity contribution >= 4 is 11.5 Å².